The van der Waals surface area contributed by atoms with Gasteiger partial charge in [-0.2, -0.15) is 4.31 Å². The molecule has 0 atom stereocenters. The number of carbonyl (C=O) groups excluding carboxylic acids is 1. The number of hydrogen-bond acceptors (Lipinski definition) is 8. The van der Waals surface area contributed by atoms with Crippen molar-refractivity contribution in [3.8, 4) is 0 Å². The lowest BCUT2D eigenvalue weighted by Gasteiger charge is -2.35. The first-order valence-corrected chi connectivity index (χ1v) is 10.4. The monoisotopic (exact) mass is 431 g/mol. The fourth-order valence-corrected chi connectivity index (χ4v) is 4.82. The largest absolute Gasteiger partial charge is 0.438 e. The number of pyridine rings is 1. The lowest BCUT2D eigenvalue weighted by molar-refractivity contribution is -0.383. The quantitative estimate of drug-likeness (QED) is 0.469. The molecule has 0 radical (unpaired) electrons. The van der Waals surface area contributed by atoms with Crippen LogP contribution in [0.5, 0.6) is 0 Å². The second-order valence-electron chi connectivity index (χ2n) is 6.66. The standard InChI is InChI=1S/C18H17N5O6S/c19-18(24)16-3-4-17(29-16)30(27,28)22-9-7-21(8-10-22)14-1-2-15(23(25)26)13-11-20-6-5-12(13)14/h1-6,11H,7-10H2,(H2,19,24). The van der Waals surface area contributed by atoms with Gasteiger partial charge < -0.3 is 15.1 Å². The minimum Gasteiger partial charge on any atom is -0.438 e. The summed E-state index contributed by atoms with van der Waals surface area (Å²) in [6.07, 6.45) is 3.01. The number of nitrogens with two attached hydrogens (primary N) is 1. The van der Waals surface area contributed by atoms with Gasteiger partial charge in [-0.25, -0.2) is 8.42 Å². The Kier molecular flexibility index (Phi) is 4.87. The smallest absolute Gasteiger partial charge is 0.284 e. The molecule has 12 heteroatoms. The summed E-state index contributed by atoms with van der Waals surface area (Å²) in [5, 5.41) is 12.0. The number of furan rings is 1. The number of hydrogen-bond donors (Lipinski definition) is 1. The zero-order valence-electron chi connectivity index (χ0n) is 15.6. The van der Waals surface area contributed by atoms with E-state index in [1.165, 1.54) is 28.7 Å². The molecule has 0 aliphatic carbocycles. The summed E-state index contributed by atoms with van der Waals surface area (Å²) < 4.78 is 31.9. The van der Waals surface area contributed by atoms with Crippen LogP contribution in [0.15, 0.2) is 52.2 Å². The van der Waals surface area contributed by atoms with Crippen molar-refractivity contribution in [1.29, 1.82) is 0 Å². The van der Waals surface area contributed by atoms with E-state index in [2.05, 4.69) is 4.98 Å². The molecule has 3 aromatic rings. The number of rotatable bonds is 5. The van der Waals surface area contributed by atoms with E-state index in [1.54, 1.807) is 18.3 Å². The average Bonchev–Trinajstić information content (AvgIpc) is 3.24. The van der Waals surface area contributed by atoms with Gasteiger partial charge in [0.05, 0.1) is 10.3 Å². The summed E-state index contributed by atoms with van der Waals surface area (Å²) in [7, 11) is -3.91. The second-order valence-corrected chi connectivity index (χ2v) is 8.53. The molecule has 0 saturated carbocycles. The third kappa shape index (κ3) is 3.35. The first-order chi connectivity index (χ1) is 14.3. The Morgan fingerprint density at radius 3 is 2.47 bits per heavy atom. The van der Waals surface area contributed by atoms with Crippen molar-refractivity contribution in [2.24, 2.45) is 5.73 Å². The number of piperazine rings is 1. The zero-order valence-corrected chi connectivity index (χ0v) is 16.4. The highest BCUT2D eigenvalue weighted by molar-refractivity contribution is 7.89. The number of benzene rings is 1. The van der Waals surface area contributed by atoms with Crippen LogP contribution < -0.4 is 10.6 Å². The molecule has 4 rings (SSSR count). The van der Waals surface area contributed by atoms with Gasteiger partial charge in [-0.15, -0.1) is 0 Å². The topological polar surface area (TPSA) is 153 Å². The number of nitrogens with zero attached hydrogens (tertiary/aromatic N) is 4. The Balaban J connectivity index is 1.57. The first kappa shape index (κ1) is 19.8. The van der Waals surface area contributed by atoms with E-state index < -0.39 is 20.9 Å². The fourth-order valence-electron chi connectivity index (χ4n) is 3.48. The summed E-state index contributed by atoms with van der Waals surface area (Å²) in [6, 6.07) is 7.23. The molecule has 1 aliphatic heterocycles. The van der Waals surface area contributed by atoms with Gasteiger partial charge in [0.2, 0.25) is 5.09 Å². The van der Waals surface area contributed by atoms with Crippen LogP contribution in [0.4, 0.5) is 11.4 Å². The number of primary amides is 1. The molecule has 1 amide bonds. The molecule has 30 heavy (non-hydrogen) atoms. The van der Waals surface area contributed by atoms with Crippen molar-refractivity contribution in [1.82, 2.24) is 9.29 Å². The van der Waals surface area contributed by atoms with Gasteiger partial charge in [-0.1, -0.05) is 0 Å². The van der Waals surface area contributed by atoms with E-state index >= 15 is 0 Å². The van der Waals surface area contributed by atoms with Crippen LogP contribution in [0.3, 0.4) is 0 Å². The number of nitro benzene ring substituents is 1. The summed E-state index contributed by atoms with van der Waals surface area (Å²) in [4.78, 5) is 27.9. The van der Waals surface area contributed by atoms with Gasteiger partial charge in [0.15, 0.2) is 5.76 Å². The van der Waals surface area contributed by atoms with E-state index in [-0.39, 0.29) is 29.6 Å². The highest BCUT2D eigenvalue weighted by Gasteiger charge is 2.32. The predicted octanol–water partition coefficient (Wildman–Crippen LogP) is 1.35. The molecular weight excluding hydrogens is 414 g/mol. The van der Waals surface area contributed by atoms with Crippen molar-refractivity contribution in [3.05, 3.63) is 58.6 Å². The van der Waals surface area contributed by atoms with Crippen LogP contribution in [-0.2, 0) is 10.0 Å². The van der Waals surface area contributed by atoms with Gasteiger partial charge in [0.1, 0.15) is 0 Å². The number of amides is 1. The molecule has 1 saturated heterocycles. The van der Waals surface area contributed by atoms with Gasteiger partial charge in [0.25, 0.3) is 21.6 Å². The van der Waals surface area contributed by atoms with Crippen LogP contribution >= 0.6 is 0 Å². The second kappa shape index (κ2) is 7.39. The number of anilines is 1. The Labute approximate surface area is 170 Å². The third-order valence-electron chi connectivity index (χ3n) is 4.97. The number of carbonyl (C=O) groups is 1. The molecule has 0 spiro atoms. The van der Waals surface area contributed by atoms with Crippen LogP contribution in [0, 0.1) is 10.1 Å². The summed E-state index contributed by atoms with van der Waals surface area (Å²) in [5.74, 6) is -1.07. The van der Waals surface area contributed by atoms with E-state index in [0.717, 1.165) is 5.69 Å². The maximum atomic E-state index is 12.8. The number of aromatic nitrogens is 1. The average molecular weight is 431 g/mol. The number of non-ortho nitro benzene ring substituents is 1. The third-order valence-corrected chi connectivity index (χ3v) is 6.74. The molecular formula is C18H17N5O6S. The Morgan fingerprint density at radius 1 is 1.10 bits per heavy atom. The Hall–Kier alpha value is -3.51. The zero-order chi connectivity index (χ0) is 21.5. The van der Waals surface area contributed by atoms with E-state index in [1.807, 2.05) is 4.90 Å². The summed E-state index contributed by atoms with van der Waals surface area (Å²) in [6.45, 7) is 1.10. The summed E-state index contributed by atoms with van der Waals surface area (Å²) >= 11 is 0. The molecule has 2 N–H and O–H groups in total. The highest BCUT2D eigenvalue weighted by Crippen LogP contribution is 2.33. The Bertz CT molecular complexity index is 1250. The predicted molar refractivity (Wildman–Crippen MR) is 107 cm³/mol. The van der Waals surface area contributed by atoms with E-state index in [4.69, 9.17) is 10.2 Å². The van der Waals surface area contributed by atoms with Crippen LogP contribution in [0.2, 0.25) is 0 Å². The number of fused-ring (bicyclic) bond motifs is 1. The van der Waals surface area contributed by atoms with Crippen molar-refractivity contribution < 1.29 is 22.6 Å². The molecule has 1 aromatic carbocycles. The lowest BCUT2D eigenvalue weighted by Crippen LogP contribution is -2.48. The van der Waals surface area contributed by atoms with Crippen molar-refractivity contribution in [3.63, 3.8) is 0 Å². The normalized spacial score (nSPS) is 15.4. The first-order valence-electron chi connectivity index (χ1n) is 8.95. The van der Waals surface area contributed by atoms with Crippen molar-refractivity contribution in [2.75, 3.05) is 31.1 Å². The number of nitro groups is 1. The van der Waals surface area contributed by atoms with Crippen LogP contribution in [0.25, 0.3) is 10.8 Å². The minimum absolute atomic E-state index is 0.0360. The SMILES string of the molecule is NC(=O)c1ccc(S(=O)(=O)N2CCN(c3ccc([N+](=O)[O-])c4cnccc34)CC2)o1. The molecule has 0 unspecified atom stereocenters. The van der Waals surface area contributed by atoms with Crippen LogP contribution in [-0.4, -0.2) is 54.7 Å². The van der Waals surface area contributed by atoms with Crippen LogP contribution in [0.1, 0.15) is 10.6 Å². The maximum Gasteiger partial charge on any atom is 0.284 e. The molecule has 1 fully saturated rings. The minimum atomic E-state index is -3.91. The van der Waals surface area contributed by atoms with E-state index in [0.29, 0.717) is 23.9 Å². The molecule has 156 valence electrons. The highest BCUT2D eigenvalue weighted by atomic mass is 32.2. The molecule has 11 nitrogen and oxygen atoms in total. The van der Waals surface area contributed by atoms with Gasteiger partial charge in [-0.3, -0.25) is 19.9 Å². The van der Waals surface area contributed by atoms with Crippen molar-refractivity contribution in [2.45, 2.75) is 5.09 Å². The van der Waals surface area contributed by atoms with Gasteiger partial charge >= 0.3 is 0 Å². The van der Waals surface area contributed by atoms with Gasteiger partial charge in [-0.05, 0) is 24.3 Å². The maximum absolute atomic E-state index is 12.8. The molecule has 1 aliphatic rings. The molecule has 2 aromatic heterocycles. The fraction of sp³-hybridized carbons (Fsp3) is 0.222. The molecule has 0 bridgehead atoms. The van der Waals surface area contributed by atoms with E-state index in [9.17, 15) is 23.3 Å². The van der Waals surface area contributed by atoms with Crippen molar-refractivity contribution >= 4 is 38.1 Å². The Morgan fingerprint density at radius 2 is 1.83 bits per heavy atom. The van der Waals surface area contributed by atoms with Gasteiger partial charge in [0, 0.05) is 55.7 Å². The number of sulfonamides is 1. The summed E-state index contributed by atoms with van der Waals surface area (Å²) in [5.41, 5.74) is 5.84. The lowest BCUT2D eigenvalue weighted by atomic mass is 10.1. The molecule has 3 heterocycles.